The van der Waals surface area contributed by atoms with Crippen molar-refractivity contribution < 1.29 is 4.79 Å². The van der Waals surface area contributed by atoms with E-state index in [0.717, 1.165) is 29.8 Å². The minimum Gasteiger partial charge on any atom is -0.299 e. The molecule has 0 atom stereocenters. The van der Waals surface area contributed by atoms with E-state index in [1.807, 2.05) is 56.3 Å². The van der Waals surface area contributed by atoms with Gasteiger partial charge >= 0.3 is 0 Å². The van der Waals surface area contributed by atoms with E-state index in [-0.39, 0.29) is 16.8 Å². The zero-order chi connectivity index (χ0) is 24.6. The summed E-state index contributed by atoms with van der Waals surface area (Å²) in [6.45, 7) is 3.88. The number of carbonyl (C=O) groups excluding carboxylic acids is 1. The van der Waals surface area contributed by atoms with Crippen LogP contribution in [0.1, 0.15) is 57.2 Å². The predicted octanol–water partition coefficient (Wildman–Crippen LogP) is 5.78. The van der Waals surface area contributed by atoms with Crippen molar-refractivity contribution in [2.24, 2.45) is 5.41 Å². The van der Waals surface area contributed by atoms with Crippen molar-refractivity contribution >= 4 is 23.2 Å². The van der Waals surface area contributed by atoms with Crippen LogP contribution in [0.5, 0.6) is 0 Å². The summed E-state index contributed by atoms with van der Waals surface area (Å²) in [5.41, 5.74) is 1.91. The molecule has 1 N–H and O–H groups in total. The molecule has 180 valence electrons. The van der Waals surface area contributed by atoms with E-state index in [1.54, 1.807) is 0 Å². The van der Waals surface area contributed by atoms with Gasteiger partial charge in [-0.3, -0.25) is 14.7 Å². The van der Waals surface area contributed by atoms with Gasteiger partial charge in [-0.1, -0.05) is 74.3 Å². The molecule has 0 unspecified atom stereocenters. The van der Waals surface area contributed by atoms with Crippen molar-refractivity contribution in [1.29, 1.82) is 0 Å². The van der Waals surface area contributed by atoms with E-state index in [0.29, 0.717) is 30.1 Å². The first kappa shape index (κ1) is 23.5. The number of hydrogen-bond acceptors (Lipinski definition) is 4. The standard InChI is InChI=1S/C28H29ClN4O2/c1-27(2,23(34)13-16-28(14-6-15-28)20-9-11-21(29)12-10-20)18-22-17-24(35)33-26(30-22)31-25(32-33)19-7-4-3-5-8-19/h3-5,7-12,17H,6,13-16,18H2,1-2H3,(H,30,31,32). The lowest BCUT2D eigenvalue weighted by Gasteiger charge is -2.43. The highest BCUT2D eigenvalue weighted by Crippen LogP contribution is 2.48. The van der Waals surface area contributed by atoms with Gasteiger partial charge in [-0.15, -0.1) is 0 Å². The van der Waals surface area contributed by atoms with Crippen LogP contribution >= 0.6 is 11.6 Å². The van der Waals surface area contributed by atoms with Gasteiger partial charge in [-0.2, -0.15) is 9.50 Å². The SMILES string of the molecule is CC(C)(Cc1cc(=O)n2[nH]c(-c3ccccc3)nc2n1)C(=O)CCC1(c2ccc(Cl)cc2)CCC1. The Kier molecular flexibility index (Phi) is 6.09. The fourth-order valence-electron chi connectivity index (χ4n) is 5.08. The number of Topliss-reactive ketones (excluding diaryl/α,β-unsaturated/α-hetero) is 1. The molecule has 2 aromatic heterocycles. The molecule has 35 heavy (non-hydrogen) atoms. The van der Waals surface area contributed by atoms with Gasteiger partial charge in [-0.25, -0.2) is 4.98 Å². The molecule has 6 nitrogen and oxygen atoms in total. The average molecular weight is 489 g/mol. The first-order chi connectivity index (χ1) is 16.8. The van der Waals surface area contributed by atoms with Crippen molar-refractivity contribution in [3.63, 3.8) is 0 Å². The molecule has 0 amide bonds. The van der Waals surface area contributed by atoms with Crippen LogP contribution < -0.4 is 5.56 Å². The molecule has 0 radical (unpaired) electrons. The third-order valence-corrected chi connectivity index (χ3v) is 7.66. The predicted molar refractivity (Wildman–Crippen MR) is 138 cm³/mol. The third-order valence-electron chi connectivity index (χ3n) is 7.41. The highest BCUT2D eigenvalue weighted by atomic mass is 35.5. The summed E-state index contributed by atoms with van der Waals surface area (Å²) in [6, 6.07) is 19.1. The fraction of sp³-hybridized carbons (Fsp3) is 0.357. The van der Waals surface area contributed by atoms with Gasteiger partial charge in [0.05, 0.1) is 5.69 Å². The largest absolute Gasteiger partial charge is 0.299 e. The van der Waals surface area contributed by atoms with Crippen LogP contribution in [0.3, 0.4) is 0 Å². The maximum atomic E-state index is 13.3. The smallest absolute Gasteiger partial charge is 0.274 e. The zero-order valence-corrected chi connectivity index (χ0v) is 20.8. The molecular formula is C28H29ClN4O2. The summed E-state index contributed by atoms with van der Waals surface area (Å²) in [4.78, 5) is 35.2. The van der Waals surface area contributed by atoms with Gasteiger partial charge in [-0.05, 0) is 42.4 Å². The van der Waals surface area contributed by atoms with Crippen molar-refractivity contribution in [1.82, 2.24) is 19.6 Å². The summed E-state index contributed by atoms with van der Waals surface area (Å²) in [7, 11) is 0. The lowest BCUT2D eigenvalue weighted by atomic mass is 9.61. The Morgan fingerprint density at radius 2 is 1.80 bits per heavy atom. The Balaban J connectivity index is 1.31. The topological polar surface area (TPSA) is 80.1 Å². The van der Waals surface area contributed by atoms with Crippen LogP contribution in [0.4, 0.5) is 0 Å². The van der Waals surface area contributed by atoms with Gasteiger partial charge in [0.2, 0.25) is 0 Å². The molecule has 4 aromatic rings. The van der Waals surface area contributed by atoms with Gasteiger partial charge in [0.15, 0.2) is 5.82 Å². The zero-order valence-electron chi connectivity index (χ0n) is 20.1. The van der Waals surface area contributed by atoms with Crippen molar-refractivity contribution in [2.45, 2.75) is 57.8 Å². The van der Waals surface area contributed by atoms with Crippen molar-refractivity contribution in [2.75, 3.05) is 0 Å². The summed E-state index contributed by atoms with van der Waals surface area (Å²) < 4.78 is 1.34. The molecule has 1 aliphatic rings. The lowest BCUT2D eigenvalue weighted by Crippen LogP contribution is -2.36. The van der Waals surface area contributed by atoms with Gasteiger partial charge in [0.25, 0.3) is 11.3 Å². The second-order valence-electron chi connectivity index (χ2n) is 10.3. The summed E-state index contributed by atoms with van der Waals surface area (Å²) in [5, 5.41) is 3.75. The first-order valence-electron chi connectivity index (χ1n) is 12.1. The number of aromatic nitrogens is 4. The number of hydrogen-bond donors (Lipinski definition) is 1. The molecule has 0 spiro atoms. The molecular weight excluding hydrogens is 460 g/mol. The number of rotatable bonds is 8. The maximum Gasteiger partial charge on any atom is 0.274 e. The number of nitrogens with one attached hydrogen (secondary N) is 1. The minimum atomic E-state index is -0.638. The highest BCUT2D eigenvalue weighted by molar-refractivity contribution is 6.30. The molecule has 7 heteroatoms. The number of aromatic amines is 1. The van der Waals surface area contributed by atoms with Crippen LogP contribution in [0.15, 0.2) is 65.5 Å². The van der Waals surface area contributed by atoms with Crippen LogP contribution in [-0.2, 0) is 16.6 Å². The van der Waals surface area contributed by atoms with Gasteiger partial charge in [0.1, 0.15) is 5.78 Å². The Morgan fingerprint density at radius 3 is 2.46 bits per heavy atom. The quantitative estimate of drug-likeness (QED) is 0.341. The number of fused-ring (bicyclic) bond motifs is 1. The number of H-pyrrole nitrogens is 1. The second-order valence-corrected chi connectivity index (χ2v) is 10.7. The number of nitrogens with zero attached hydrogens (tertiary/aromatic N) is 3. The molecule has 0 bridgehead atoms. The Bertz CT molecular complexity index is 1420. The maximum absolute atomic E-state index is 13.3. The summed E-state index contributed by atoms with van der Waals surface area (Å²) in [6.07, 6.45) is 5.09. The fourth-order valence-corrected chi connectivity index (χ4v) is 5.20. The molecule has 5 rings (SSSR count). The third kappa shape index (κ3) is 4.67. The minimum absolute atomic E-state index is 0.0647. The number of benzene rings is 2. The van der Waals surface area contributed by atoms with Gasteiger partial charge in [0, 0.05) is 34.9 Å². The van der Waals surface area contributed by atoms with E-state index >= 15 is 0 Å². The van der Waals surface area contributed by atoms with Gasteiger partial charge < -0.3 is 0 Å². The molecule has 1 saturated carbocycles. The van der Waals surface area contributed by atoms with E-state index in [2.05, 4.69) is 27.2 Å². The van der Waals surface area contributed by atoms with Crippen LogP contribution in [-0.4, -0.2) is 25.4 Å². The molecule has 0 saturated heterocycles. The normalized spacial score (nSPS) is 15.2. The molecule has 0 aliphatic heterocycles. The number of carbonyl (C=O) groups is 1. The van der Waals surface area contributed by atoms with Crippen molar-refractivity contribution in [3.05, 3.63) is 87.3 Å². The monoisotopic (exact) mass is 488 g/mol. The first-order valence-corrected chi connectivity index (χ1v) is 12.5. The number of ketones is 1. The lowest BCUT2D eigenvalue weighted by molar-refractivity contribution is -0.127. The molecule has 2 heterocycles. The number of halogens is 1. The van der Waals surface area contributed by atoms with E-state index < -0.39 is 5.41 Å². The van der Waals surface area contributed by atoms with E-state index in [1.165, 1.54) is 22.6 Å². The van der Waals surface area contributed by atoms with Crippen LogP contribution in [0.2, 0.25) is 5.02 Å². The Morgan fingerprint density at radius 1 is 1.09 bits per heavy atom. The molecule has 1 aliphatic carbocycles. The highest BCUT2D eigenvalue weighted by Gasteiger charge is 2.40. The van der Waals surface area contributed by atoms with E-state index in [9.17, 15) is 9.59 Å². The Labute approximate surface area is 209 Å². The summed E-state index contributed by atoms with van der Waals surface area (Å²) in [5.74, 6) is 1.08. The average Bonchev–Trinajstić information content (AvgIpc) is 3.24. The van der Waals surface area contributed by atoms with Crippen molar-refractivity contribution in [3.8, 4) is 11.4 Å². The molecule has 2 aromatic carbocycles. The summed E-state index contributed by atoms with van der Waals surface area (Å²) >= 11 is 6.08. The van der Waals surface area contributed by atoms with Crippen LogP contribution in [0.25, 0.3) is 17.2 Å². The Hall–Kier alpha value is -3.25. The second kappa shape index (κ2) is 9.08. The van der Waals surface area contributed by atoms with E-state index in [4.69, 9.17) is 11.6 Å². The van der Waals surface area contributed by atoms with Crippen LogP contribution in [0, 0.1) is 5.41 Å². The molecule has 1 fully saturated rings.